The Morgan fingerprint density at radius 2 is 1.86 bits per heavy atom. The van der Waals surface area contributed by atoms with Gasteiger partial charge in [-0.25, -0.2) is 27.6 Å². The van der Waals surface area contributed by atoms with Gasteiger partial charge in [-0.2, -0.15) is 5.10 Å². The van der Waals surface area contributed by atoms with Gasteiger partial charge in [-0.05, 0) is 24.3 Å². The number of amides is 1. The van der Waals surface area contributed by atoms with Crippen molar-refractivity contribution in [1.82, 2.24) is 24.3 Å². The van der Waals surface area contributed by atoms with Gasteiger partial charge in [-0.15, -0.1) is 0 Å². The van der Waals surface area contributed by atoms with E-state index in [4.69, 9.17) is 21.3 Å². The van der Waals surface area contributed by atoms with Gasteiger partial charge >= 0.3 is 0 Å². The first-order valence-electron chi connectivity index (χ1n) is 10.8. The van der Waals surface area contributed by atoms with Crippen LogP contribution in [0.3, 0.4) is 0 Å². The highest BCUT2D eigenvalue weighted by molar-refractivity contribution is 7.89. The second-order valence-electron chi connectivity index (χ2n) is 8.03. The number of halogens is 1. The molecule has 1 N–H and O–H groups in total. The summed E-state index contributed by atoms with van der Waals surface area (Å²) < 4.78 is 32.3. The average molecular weight is 513 g/mol. The average Bonchev–Trinajstić information content (AvgIpc) is 3.24. The molecule has 35 heavy (non-hydrogen) atoms. The highest BCUT2D eigenvalue weighted by Crippen LogP contribution is 2.25. The number of benzene rings is 1. The maximum Gasteiger partial charge on any atom is 0.265 e. The Morgan fingerprint density at radius 3 is 2.63 bits per heavy atom. The van der Waals surface area contributed by atoms with E-state index in [1.54, 1.807) is 59.3 Å². The number of imidazole rings is 1. The molecule has 1 amide bonds. The molecule has 0 atom stereocenters. The zero-order valence-corrected chi connectivity index (χ0v) is 20.3. The normalized spacial score (nSPS) is 14.7. The second-order valence-corrected chi connectivity index (χ2v) is 10.2. The van der Waals surface area contributed by atoms with E-state index < -0.39 is 15.9 Å². The Kier molecular flexibility index (Phi) is 6.13. The van der Waals surface area contributed by atoms with Crippen LogP contribution in [0.5, 0.6) is 0 Å². The topological polar surface area (TPSA) is 119 Å². The maximum absolute atomic E-state index is 12.6. The number of hydrogen-bond acceptors (Lipinski definition) is 8. The van der Waals surface area contributed by atoms with Crippen LogP contribution >= 0.6 is 11.6 Å². The van der Waals surface area contributed by atoms with Crippen molar-refractivity contribution in [3.8, 4) is 0 Å². The van der Waals surface area contributed by atoms with E-state index in [0.29, 0.717) is 46.3 Å². The molecule has 12 heteroatoms. The predicted octanol–water partition coefficient (Wildman–Crippen LogP) is 2.63. The highest BCUT2D eigenvalue weighted by atomic mass is 35.5. The van der Waals surface area contributed by atoms with E-state index in [2.05, 4.69) is 15.0 Å². The Morgan fingerprint density at radius 1 is 1.11 bits per heavy atom. The van der Waals surface area contributed by atoms with Gasteiger partial charge in [0.15, 0.2) is 10.8 Å². The van der Waals surface area contributed by atoms with Crippen LogP contribution in [0, 0.1) is 0 Å². The third kappa shape index (κ3) is 5.11. The van der Waals surface area contributed by atoms with Crippen LogP contribution in [0.4, 0.5) is 5.69 Å². The quantitative estimate of drug-likeness (QED) is 0.433. The molecule has 0 aliphatic carbocycles. The molecule has 10 nitrogen and oxygen atoms in total. The SMILES string of the molecule is CS(=O)(=O)NC(=O)c1cc(/C=C/c2cn3nc(Cl)cc(N4CCOCC4)c3n2)nc2ccccc12. The molecule has 180 valence electrons. The standard InChI is InChI=1S/C23H21ClN6O4S/c1-35(32,33)28-23(31)18-12-15(25-19-5-3-2-4-17(18)19)6-7-16-14-30-22(26-16)20(13-21(24)27-30)29-8-10-34-11-9-29/h2-7,12-14H,8-11H2,1H3,(H,28,31)/b7-6+. The van der Waals surface area contributed by atoms with Crippen molar-refractivity contribution in [2.45, 2.75) is 0 Å². The molecule has 1 saturated heterocycles. The van der Waals surface area contributed by atoms with Gasteiger partial charge in [0.05, 0.1) is 53.8 Å². The molecule has 5 rings (SSSR count). The van der Waals surface area contributed by atoms with Gasteiger partial charge < -0.3 is 9.64 Å². The molecular formula is C23H21ClN6O4S. The molecule has 0 spiro atoms. The second kappa shape index (κ2) is 9.25. The van der Waals surface area contributed by atoms with Gasteiger partial charge in [0.25, 0.3) is 5.91 Å². The Labute approximate surface area is 206 Å². The summed E-state index contributed by atoms with van der Waals surface area (Å²) in [5, 5.41) is 5.22. The third-order valence-corrected chi connectivity index (χ3v) is 6.17. The van der Waals surface area contributed by atoms with Crippen molar-refractivity contribution in [2.75, 3.05) is 37.5 Å². The van der Waals surface area contributed by atoms with Gasteiger partial charge in [-0.3, -0.25) is 4.79 Å². The van der Waals surface area contributed by atoms with Crippen LogP contribution in [-0.4, -0.2) is 66.5 Å². The molecule has 1 aromatic carbocycles. The summed E-state index contributed by atoms with van der Waals surface area (Å²) in [6.07, 6.45) is 6.15. The van der Waals surface area contributed by atoms with Gasteiger partial charge in [0.2, 0.25) is 10.0 Å². The fourth-order valence-corrected chi connectivity index (χ4v) is 4.56. The van der Waals surface area contributed by atoms with Crippen molar-refractivity contribution in [2.24, 2.45) is 0 Å². The van der Waals surface area contributed by atoms with Crippen molar-refractivity contribution in [1.29, 1.82) is 0 Å². The summed E-state index contributed by atoms with van der Waals surface area (Å²) in [5.74, 6) is -0.720. The molecule has 4 aromatic rings. The zero-order chi connectivity index (χ0) is 24.6. The van der Waals surface area contributed by atoms with E-state index in [1.807, 2.05) is 4.72 Å². The number of ether oxygens (including phenoxy) is 1. The third-order valence-electron chi connectivity index (χ3n) is 5.43. The molecular weight excluding hydrogens is 492 g/mol. The minimum absolute atomic E-state index is 0.207. The van der Waals surface area contributed by atoms with E-state index in [9.17, 15) is 13.2 Å². The lowest BCUT2D eigenvalue weighted by molar-refractivity contribution is 0.0983. The van der Waals surface area contributed by atoms with Crippen molar-refractivity contribution in [3.05, 3.63) is 64.7 Å². The number of nitrogens with zero attached hydrogens (tertiary/aromatic N) is 5. The van der Waals surface area contributed by atoms with Crippen LogP contribution in [0.1, 0.15) is 21.7 Å². The van der Waals surface area contributed by atoms with E-state index in [1.165, 1.54) is 0 Å². The molecule has 0 radical (unpaired) electrons. The molecule has 3 aromatic heterocycles. The summed E-state index contributed by atoms with van der Waals surface area (Å²) in [7, 11) is -3.72. The number of rotatable bonds is 5. The number of hydrogen-bond donors (Lipinski definition) is 1. The van der Waals surface area contributed by atoms with Crippen molar-refractivity contribution >= 4 is 61.9 Å². The fraction of sp³-hybridized carbons (Fsp3) is 0.217. The fourth-order valence-electron chi connectivity index (χ4n) is 3.93. The zero-order valence-electron chi connectivity index (χ0n) is 18.7. The summed E-state index contributed by atoms with van der Waals surface area (Å²) >= 11 is 6.25. The van der Waals surface area contributed by atoms with Crippen LogP contribution < -0.4 is 9.62 Å². The molecule has 0 saturated carbocycles. The number of morpholine rings is 1. The molecule has 1 aliphatic rings. The summed E-state index contributed by atoms with van der Waals surface area (Å²) in [4.78, 5) is 24.1. The molecule has 4 heterocycles. The largest absolute Gasteiger partial charge is 0.378 e. The summed E-state index contributed by atoms with van der Waals surface area (Å²) in [6, 6.07) is 10.4. The lowest BCUT2D eigenvalue weighted by Crippen LogP contribution is -2.36. The first-order chi connectivity index (χ1) is 16.8. The van der Waals surface area contributed by atoms with Crippen LogP contribution in [-0.2, 0) is 14.8 Å². The summed E-state index contributed by atoms with van der Waals surface area (Å²) in [5.41, 5.74) is 3.39. The van der Waals surface area contributed by atoms with E-state index >= 15 is 0 Å². The summed E-state index contributed by atoms with van der Waals surface area (Å²) in [6.45, 7) is 2.71. The number of fused-ring (bicyclic) bond motifs is 2. The van der Waals surface area contributed by atoms with Crippen LogP contribution in [0.2, 0.25) is 5.15 Å². The highest BCUT2D eigenvalue weighted by Gasteiger charge is 2.18. The van der Waals surface area contributed by atoms with Crippen LogP contribution in [0.25, 0.3) is 28.7 Å². The number of aromatic nitrogens is 4. The van der Waals surface area contributed by atoms with Crippen molar-refractivity contribution in [3.63, 3.8) is 0 Å². The maximum atomic E-state index is 12.6. The first kappa shape index (κ1) is 23.2. The molecule has 0 bridgehead atoms. The number of carbonyl (C=O) groups is 1. The molecule has 1 aliphatic heterocycles. The molecule has 1 fully saturated rings. The van der Waals surface area contributed by atoms with E-state index in [0.717, 1.165) is 25.0 Å². The number of anilines is 1. The minimum Gasteiger partial charge on any atom is -0.378 e. The van der Waals surface area contributed by atoms with Crippen molar-refractivity contribution < 1.29 is 17.9 Å². The number of sulfonamides is 1. The number of pyridine rings is 1. The van der Waals surface area contributed by atoms with Gasteiger partial charge in [0.1, 0.15) is 0 Å². The number of para-hydroxylation sites is 1. The molecule has 0 unspecified atom stereocenters. The number of carbonyl (C=O) groups excluding carboxylic acids is 1. The number of nitrogens with one attached hydrogen (secondary N) is 1. The monoisotopic (exact) mass is 512 g/mol. The Bertz CT molecular complexity index is 1580. The van der Waals surface area contributed by atoms with Gasteiger partial charge in [0, 0.05) is 24.5 Å². The minimum atomic E-state index is -3.72. The van der Waals surface area contributed by atoms with Gasteiger partial charge in [-0.1, -0.05) is 29.8 Å². The predicted molar refractivity (Wildman–Crippen MR) is 134 cm³/mol. The lowest BCUT2D eigenvalue weighted by Gasteiger charge is -2.28. The Hall–Kier alpha value is -3.54. The smallest absolute Gasteiger partial charge is 0.265 e. The van der Waals surface area contributed by atoms with Crippen LogP contribution in [0.15, 0.2) is 42.6 Å². The lowest BCUT2D eigenvalue weighted by atomic mass is 10.1. The Balaban J connectivity index is 1.52. The van der Waals surface area contributed by atoms with E-state index in [-0.39, 0.29) is 5.56 Å². The first-order valence-corrected chi connectivity index (χ1v) is 13.0.